The zero-order valence-electron chi connectivity index (χ0n) is 21.0. The highest BCUT2D eigenvalue weighted by Gasteiger charge is 2.36. The summed E-state index contributed by atoms with van der Waals surface area (Å²) in [7, 11) is -4.69. The standard InChI is InChI=1S/C23H22Cl2N8O5S/c1-11(2)38-23-28-21(25)27-22(29-23)26-14-8-9-17(39(35,36)37)16(10-14)30-31-18-13(4)32-33(20(18)34)19-12(3)6-5-7-15(19)24/h5-11,18H,1-4H3,(H,35,36,37)(H,26,27,28,29). The van der Waals surface area contributed by atoms with Crippen LogP contribution in [-0.4, -0.2) is 51.7 Å². The Labute approximate surface area is 233 Å². The number of ether oxygens (including phenoxy) is 1. The minimum atomic E-state index is -4.69. The van der Waals surface area contributed by atoms with Gasteiger partial charge in [-0.2, -0.15) is 43.7 Å². The number of azo groups is 1. The second-order valence-electron chi connectivity index (χ2n) is 8.57. The van der Waals surface area contributed by atoms with Gasteiger partial charge in [0.05, 0.1) is 22.5 Å². The van der Waals surface area contributed by atoms with E-state index >= 15 is 0 Å². The number of anilines is 3. The molecular weight excluding hydrogens is 571 g/mol. The molecular formula is C23H22Cl2N8O5S. The van der Waals surface area contributed by atoms with Gasteiger partial charge in [0.2, 0.25) is 11.2 Å². The molecule has 2 N–H and O–H groups in total. The smallest absolute Gasteiger partial charge is 0.322 e. The average Bonchev–Trinajstić information content (AvgIpc) is 3.09. The lowest BCUT2D eigenvalue weighted by atomic mass is 10.1. The Morgan fingerprint density at radius 3 is 2.54 bits per heavy atom. The molecule has 2 aromatic carbocycles. The van der Waals surface area contributed by atoms with Gasteiger partial charge in [-0.25, -0.2) is 0 Å². The molecule has 0 spiro atoms. The van der Waals surface area contributed by atoms with E-state index in [0.29, 0.717) is 16.4 Å². The van der Waals surface area contributed by atoms with Crippen LogP contribution in [0.5, 0.6) is 6.01 Å². The van der Waals surface area contributed by atoms with E-state index in [1.807, 2.05) is 0 Å². The lowest BCUT2D eigenvalue weighted by Gasteiger charge is -2.16. The van der Waals surface area contributed by atoms with Crippen molar-refractivity contribution in [3.8, 4) is 6.01 Å². The number of nitrogens with one attached hydrogen (secondary N) is 1. The van der Waals surface area contributed by atoms with Crippen LogP contribution in [0.15, 0.2) is 56.6 Å². The van der Waals surface area contributed by atoms with Crippen molar-refractivity contribution in [2.75, 3.05) is 10.3 Å². The first-order valence-corrected chi connectivity index (χ1v) is 13.5. The van der Waals surface area contributed by atoms with E-state index in [0.717, 1.165) is 16.6 Å². The summed E-state index contributed by atoms with van der Waals surface area (Å²) in [6.45, 7) is 6.93. The number of carbonyl (C=O) groups is 1. The average molecular weight is 593 g/mol. The molecule has 1 atom stereocenters. The summed E-state index contributed by atoms with van der Waals surface area (Å²) in [4.78, 5) is 24.6. The Morgan fingerprint density at radius 2 is 1.87 bits per heavy atom. The van der Waals surface area contributed by atoms with Gasteiger partial charge in [-0.3, -0.25) is 9.35 Å². The maximum atomic E-state index is 13.1. The van der Waals surface area contributed by atoms with Crippen molar-refractivity contribution in [3.05, 3.63) is 52.3 Å². The van der Waals surface area contributed by atoms with E-state index in [9.17, 15) is 17.8 Å². The molecule has 0 saturated carbocycles. The van der Waals surface area contributed by atoms with Gasteiger partial charge in [-0.1, -0.05) is 23.7 Å². The molecule has 204 valence electrons. The van der Waals surface area contributed by atoms with Gasteiger partial charge in [-0.15, -0.1) is 0 Å². The summed E-state index contributed by atoms with van der Waals surface area (Å²) < 4.78 is 39.2. The van der Waals surface area contributed by atoms with Crippen LogP contribution in [0.3, 0.4) is 0 Å². The number of benzene rings is 2. The summed E-state index contributed by atoms with van der Waals surface area (Å²) >= 11 is 12.3. The maximum absolute atomic E-state index is 13.1. The SMILES string of the molecule is CC1=NN(c2c(C)cccc2Cl)C(=O)C1N=Nc1cc(Nc2nc(Cl)nc(OC(C)C)n2)ccc1S(=O)(=O)O. The highest BCUT2D eigenvalue weighted by atomic mass is 35.5. The molecule has 0 aliphatic carbocycles. The van der Waals surface area contributed by atoms with Crippen LogP contribution in [0.4, 0.5) is 23.0 Å². The summed E-state index contributed by atoms with van der Waals surface area (Å²) in [5.41, 5.74) is 1.45. The first-order valence-electron chi connectivity index (χ1n) is 11.4. The molecule has 0 bridgehead atoms. The number of nitrogens with zero attached hydrogens (tertiary/aromatic N) is 7. The first kappa shape index (κ1) is 28.3. The third kappa shape index (κ3) is 6.47. The topological polar surface area (TPSA) is 172 Å². The molecule has 13 nitrogen and oxygen atoms in total. The number of carbonyl (C=O) groups excluding carboxylic acids is 1. The maximum Gasteiger partial charge on any atom is 0.322 e. The normalized spacial score (nSPS) is 15.8. The number of hydrogen-bond acceptors (Lipinski definition) is 11. The number of aryl methyl sites for hydroxylation is 1. The molecule has 4 rings (SSSR count). The van der Waals surface area contributed by atoms with E-state index in [2.05, 4.69) is 35.6 Å². The Morgan fingerprint density at radius 1 is 1.13 bits per heavy atom. The fourth-order valence-corrected chi connectivity index (χ4v) is 4.59. The molecule has 2 heterocycles. The lowest BCUT2D eigenvalue weighted by Crippen LogP contribution is -2.30. The Hall–Kier alpha value is -3.72. The van der Waals surface area contributed by atoms with Crippen molar-refractivity contribution in [2.24, 2.45) is 15.3 Å². The Balaban J connectivity index is 1.65. The van der Waals surface area contributed by atoms with Crippen LogP contribution < -0.4 is 15.1 Å². The Bertz CT molecular complexity index is 1590. The van der Waals surface area contributed by atoms with Crippen LogP contribution >= 0.6 is 23.2 Å². The van der Waals surface area contributed by atoms with Gasteiger partial charge in [0, 0.05) is 5.69 Å². The van der Waals surface area contributed by atoms with Crippen molar-refractivity contribution >= 4 is 67.9 Å². The fourth-order valence-electron chi connectivity index (χ4n) is 3.53. The first-order chi connectivity index (χ1) is 18.3. The molecule has 3 aromatic rings. The third-order valence-electron chi connectivity index (χ3n) is 5.20. The van der Waals surface area contributed by atoms with Gasteiger partial charge < -0.3 is 10.1 Å². The minimum absolute atomic E-state index is 0.00726. The molecule has 1 aliphatic rings. The molecule has 0 radical (unpaired) electrons. The largest absolute Gasteiger partial charge is 0.461 e. The highest BCUT2D eigenvalue weighted by Crippen LogP contribution is 2.34. The predicted octanol–water partition coefficient (Wildman–Crippen LogP) is 5.14. The summed E-state index contributed by atoms with van der Waals surface area (Å²) in [6, 6.07) is 7.72. The van der Waals surface area contributed by atoms with E-state index in [4.69, 9.17) is 27.9 Å². The van der Waals surface area contributed by atoms with Gasteiger partial charge >= 0.3 is 6.01 Å². The molecule has 1 aliphatic heterocycles. The van der Waals surface area contributed by atoms with Crippen molar-refractivity contribution < 1.29 is 22.5 Å². The van der Waals surface area contributed by atoms with E-state index < -0.39 is 27.0 Å². The highest BCUT2D eigenvalue weighted by molar-refractivity contribution is 7.86. The van der Waals surface area contributed by atoms with Crippen LogP contribution in [0.1, 0.15) is 26.3 Å². The third-order valence-corrected chi connectivity index (χ3v) is 6.57. The molecule has 1 amide bonds. The van der Waals surface area contributed by atoms with E-state index in [1.165, 1.54) is 12.1 Å². The summed E-state index contributed by atoms with van der Waals surface area (Å²) in [5, 5.41) is 16.5. The molecule has 39 heavy (non-hydrogen) atoms. The van der Waals surface area contributed by atoms with Crippen LogP contribution in [0.2, 0.25) is 10.3 Å². The molecule has 1 unspecified atom stereocenters. The number of aromatic nitrogens is 3. The van der Waals surface area contributed by atoms with Gasteiger partial charge in [-0.05, 0) is 69.1 Å². The van der Waals surface area contributed by atoms with Crippen LogP contribution in [0.25, 0.3) is 0 Å². The molecule has 1 aromatic heterocycles. The van der Waals surface area contributed by atoms with Crippen molar-refractivity contribution in [2.45, 2.75) is 44.7 Å². The van der Waals surface area contributed by atoms with Gasteiger partial charge in [0.25, 0.3) is 16.0 Å². The van der Waals surface area contributed by atoms with Crippen LogP contribution in [0, 0.1) is 6.92 Å². The molecule has 16 heteroatoms. The zero-order chi connectivity index (χ0) is 28.5. The van der Waals surface area contributed by atoms with Gasteiger partial charge in [0.1, 0.15) is 10.6 Å². The number of halogens is 2. The molecule has 0 fully saturated rings. The number of para-hydroxylation sites is 1. The number of hydrogen-bond donors (Lipinski definition) is 2. The number of hydrazone groups is 1. The monoisotopic (exact) mass is 592 g/mol. The quantitative estimate of drug-likeness (QED) is 0.265. The zero-order valence-corrected chi connectivity index (χ0v) is 23.3. The Kier molecular flexibility index (Phi) is 8.11. The predicted molar refractivity (Wildman–Crippen MR) is 145 cm³/mol. The van der Waals surface area contributed by atoms with Crippen molar-refractivity contribution in [1.29, 1.82) is 0 Å². The minimum Gasteiger partial charge on any atom is -0.461 e. The van der Waals surface area contributed by atoms with Crippen molar-refractivity contribution in [3.63, 3.8) is 0 Å². The number of amides is 1. The number of rotatable bonds is 8. The second kappa shape index (κ2) is 11.2. The fraction of sp³-hybridized carbons (Fsp3) is 0.261. The van der Waals surface area contributed by atoms with E-state index in [1.54, 1.807) is 45.9 Å². The van der Waals surface area contributed by atoms with Crippen molar-refractivity contribution in [1.82, 2.24) is 15.0 Å². The lowest BCUT2D eigenvalue weighted by molar-refractivity contribution is -0.117. The summed E-state index contributed by atoms with van der Waals surface area (Å²) in [5.74, 6) is -0.527. The molecule has 0 saturated heterocycles. The van der Waals surface area contributed by atoms with E-state index in [-0.39, 0.29) is 34.7 Å². The van der Waals surface area contributed by atoms with Crippen LogP contribution in [-0.2, 0) is 14.9 Å². The summed E-state index contributed by atoms with van der Waals surface area (Å²) in [6.07, 6.45) is -0.222. The van der Waals surface area contributed by atoms with Gasteiger partial charge in [0.15, 0.2) is 6.04 Å². The second-order valence-corrected chi connectivity index (χ2v) is 10.7.